The summed E-state index contributed by atoms with van der Waals surface area (Å²) in [6.45, 7) is 11.5. The van der Waals surface area contributed by atoms with Crippen molar-refractivity contribution in [2.24, 2.45) is 5.41 Å². The number of hydrogen-bond acceptors (Lipinski definition) is 3. The van der Waals surface area contributed by atoms with Crippen molar-refractivity contribution in [3.05, 3.63) is 29.8 Å². The summed E-state index contributed by atoms with van der Waals surface area (Å²) in [5.74, 6) is 0. The maximum Gasteiger partial charge on any atom is 0.410 e. The number of carbonyl (C=O) groups is 1. The van der Waals surface area contributed by atoms with E-state index in [1.807, 2.05) is 25.7 Å². The second-order valence-electron chi connectivity index (χ2n) is 7.53. The molecule has 1 amide bonds. The number of hydrogen-bond donors (Lipinski definition) is 0. The number of nitrogens with zero attached hydrogens (tertiary/aromatic N) is 2. The first-order valence-electron chi connectivity index (χ1n) is 7.56. The second kappa shape index (κ2) is 4.65. The quantitative estimate of drug-likeness (QED) is 0.796. The lowest BCUT2D eigenvalue weighted by Gasteiger charge is -2.60. The topological polar surface area (TPSA) is 32.8 Å². The molecule has 114 valence electrons. The summed E-state index contributed by atoms with van der Waals surface area (Å²) in [5.41, 5.74) is 2.45. The van der Waals surface area contributed by atoms with E-state index in [0.29, 0.717) is 5.41 Å². The molecule has 4 heteroatoms. The molecule has 1 aromatic rings. The number of carbonyl (C=O) groups excluding carboxylic acids is 1. The molecule has 0 radical (unpaired) electrons. The first-order chi connectivity index (χ1) is 9.76. The Balaban J connectivity index is 1.50. The Kier molecular flexibility index (Phi) is 3.15. The molecule has 2 aliphatic heterocycles. The summed E-state index contributed by atoms with van der Waals surface area (Å²) < 4.78 is 5.40. The average Bonchev–Trinajstić information content (AvgIpc) is 2.25. The highest BCUT2D eigenvalue weighted by molar-refractivity contribution is 5.70. The molecule has 0 saturated carbocycles. The third kappa shape index (κ3) is 2.85. The molecule has 0 bridgehead atoms. The van der Waals surface area contributed by atoms with Gasteiger partial charge in [0.2, 0.25) is 0 Å². The normalized spacial score (nSPS) is 20.0. The van der Waals surface area contributed by atoms with Crippen LogP contribution < -0.4 is 4.90 Å². The van der Waals surface area contributed by atoms with Crippen LogP contribution in [0.1, 0.15) is 26.3 Å². The molecule has 1 aromatic carbocycles. The molecule has 0 aliphatic carbocycles. The minimum Gasteiger partial charge on any atom is -0.444 e. The van der Waals surface area contributed by atoms with Crippen LogP contribution in [-0.2, 0) is 4.74 Å². The molecule has 2 saturated heterocycles. The Labute approximate surface area is 126 Å². The highest BCUT2D eigenvalue weighted by Gasteiger charge is 2.53. The summed E-state index contributed by atoms with van der Waals surface area (Å²) in [4.78, 5) is 16.1. The van der Waals surface area contributed by atoms with E-state index in [2.05, 4.69) is 36.1 Å². The van der Waals surface area contributed by atoms with Crippen molar-refractivity contribution >= 4 is 11.8 Å². The molecule has 4 nitrogen and oxygen atoms in total. The number of aryl methyl sites for hydroxylation is 1. The molecular formula is C17H24N2O2. The predicted octanol–water partition coefficient (Wildman–Crippen LogP) is 3.05. The Morgan fingerprint density at radius 3 is 2.19 bits per heavy atom. The highest BCUT2D eigenvalue weighted by Crippen LogP contribution is 2.42. The third-order valence-corrected chi connectivity index (χ3v) is 4.16. The van der Waals surface area contributed by atoms with Crippen LogP contribution in [0.2, 0.25) is 0 Å². The van der Waals surface area contributed by atoms with Gasteiger partial charge >= 0.3 is 6.09 Å². The zero-order valence-corrected chi connectivity index (χ0v) is 13.3. The van der Waals surface area contributed by atoms with Gasteiger partial charge in [-0.3, -0.25) is 0 Å². The SMILES string of the molecule is Cc1ccc(N2CC3(CN(C(=O)OC(C)(C)C)C3)C2)cc1. The molecular weight excluding hydrogens is 264 g/mol. The largest absolute Gasteiger partial charge is 0.444 e. The highest BCUT2D eigenvalue weighted by atomic mass is 16.6. The zero-order chi connectivity index (χ0) is 15.3. The standard InChI is InChI=1S/C17H24N2O2/c1-13-5-7-14(8-6-13)18-9-17(10-18)11-19(12-17)15(20)21-16(2,3)4/h5-8H,9-12H2,1-4H3. The van der Waals surface area contributed by atoms with Crippen LogP contribution in [-0.4, -0.2) is 42.8 Å². The molecule has 21 heavy (non-hydrogen) atoms. The van der Waals surface area contributed by atoms with Gasteiger partial charge in [0.05, 0.1) is 0 Å². The first-order valence-corrected chi connectivity index (χ1v) is 7.56. The van der Waals surface area contributed by atoms with Crippen LogP contribution >= 0.6 is 0 Å². The van der Waals surface area contributed by atoms with E-state index in [1.54, 1.807) is 0 Å². The number of anilines is 1. The van der Waals surface area contributed by atoms with Crippen LogP contribution in [0.4, 0.5) is 10.5 Å². The zero-order valence-electron chi connectivity index (χ0n) is 13.3. The molecule has 0 N–H and O–H groups in total. The third-order valence-electron chi connectivity index (χ3n) is 4.16. The van der Waals surface area contributed by atoms with Crippen molar-refractivity contribution in [2.75, 3.05) is 31.1 Å². The van der Waals surface area contributed by atoms with Crippen molar-refractivity contribution < 1.29 is 9.53 Å². The van der Waals surface area contributed by atoms with E-state index in [-0.39, 0.29) is 6.09 Å². The van der Waals surface area contributed by atoms with Crippen molar-refractivity contribution in [3.63, 3.8) is 0 Å². The molecule has 0 atom stereocenters. The molecule has 2 aliphatic rings. The van der Waals surface area contributed by atoms with Gasteiger partial charge in [-0.1, -0.05) is 17.7 Å². The van der Waals surface area contributed by atoms with Gasteiger partial charge in [0.15, 0.2) is 0 Å². The van der Waals surface area contributed by atoms with Crippen LogP contribution in [0.3, 0.4) is 0 Å². The molecule has 2 heterocycles. The van der Waals surface area contributed by atoms with E-state index in [1.165, 1.54) is 11.3 Å². The van der Waals surface area contributed by atoms with Gasteiger partial charge in [-0.15, -0.1) is 0 Å². The lowest BCUT2D eigenvalue weighted by molar-refractivity contribution is -0.0453. The van der Waals surface area contributed by atoms with E-state index < -0.39 is 5.60 Å². The maximum absolute atomic E-state index is 11.9. The van der Waals surface area contributed by atoms with Gasteiger partial charge in [-0.05, 0) is 39.8 Å². The Morgan fingerprint density at radius 1 is 1.10 bits per heavy atom. The number of benzene rings is 1. The van der Waals surface area contributed by atoms with Gasteiger partial charge in [-0.2, -0.15) is 0 Å². The fourth-order valence-electron chi connectivity index (χ4n) is 3.12. The van der Waals surface area contributed by atoms with E-state index >= 15 is 0 Å². The van der Waals surface area contributed by atoms with Gasteiger partial charge in [-0.25, -0.2) is 4.79 Å². The summed E-state index contributed by atoms with van der Waals surface area (Å²) in [6, 6.07) is 8.64. The fourth-order valence-corrected chi connectivity index (χ4v) is 3.12. The Bertz CT molecular complexity index is 531. The number of amides is 1. The number of ether oxygens (including phenoxy) is 1. The number of likely N-dealkylation sites (tertiary alicyclic amines) is 1. The summed E-state index contributed by atoms with van der Waals surface area (Å²) in [6.07, 6.45) is -0.179. The van der Waals surface area contributed by atoms with Crippen LogP contribution in [0.15, 0.2) is 24.3 Å². The number of rotatable bonds is 1. The van der Waals surface area contributed by atoms with Crippen molar-refractivity contribution in [3.8, 4) is 0 Å². The first kappa shape index (κ1) is 14.2. The van der Waals surface area contributed by atoms with Crippen molar-refractivity contribution in [2.45, 2.75) is 33.3 Å². The summed E-state index contributed by atoms with van der Waals surface area (Å²) in [5, 5.41) is 0. The lowest BCUT2D eigenvalue weighted by Crippen LogP contribution is -2.73. The molecule has 3 rings (SSSR count). The Hall–Kier alpha value is -1.71. The minimum atomic E-state index is -0.409. The minimum absolute atomic E-state index is 0.179. The fraction of sp³-hybridized carbons (Fsp3) is 0.588. The van der Waals surface area contributed by atoms with Gasteiger partial charge in [0.25, 0.3) is 0 Å². The van der Waals surface area contributed by atoms with Gasteiger partial charge in [0.1, 0.15) is 5.60 Å². The second-order valence-corrected chi connectivity index (χ2v) is 7.53. The van der Waals surface area contributed by atoms with Crippen molar-refractivity contribution in [1.29, 1.82) is 0 Å². The monoisotopic (exact) mass is 288 g/mol. The Morgan fingerprint density at radius 2 is 1.67 bits per heavy atom. The van der Waals surface area contributed by atoms with Crippen molar-refractivity contribution in [1.82, 2.24) is 4.90 Å². The molecule has 2 fully saturated rings. The average molecular weight is 288 g/mol. The maximum atomic E-state index is 11.9. The molecule has 0 aromatic heterocycles. The molecule has 1 spiro atoms. The van der Waals surface area contributed by atoms with E-state index in [9.17, 15) is 4.79 Å². The smallest absolute Gasteiger partial charge is 0.410 e. The van der Waals surface area contributed by atoms with E-state index in [0.717, 1.165) is 26.2 Å². The lowest BCUT2D eigenvalue weighted by atomic mass is 9.73. The predicted molar refractivity (Wildman–Crippen MR) is 83.6 cm³/mol. The van der Waals surface area contributed by atoms with E-state index in [4.69, 9.17) is 4.74 Å². The van der Waals surface area contributed by atoms with Gasteiger partial charge in [0, 0.05) is 37.3 Å². The van der Waals surface area contributed by atoms with Crippen LogP contribution in [0.25, 0.3) is 0 Å². The molecule has 0 unspecified atom stereocenters. The summed E-state index contributed by atoms with van der Waals surface area (Å²) >= 11 is 0. The van der Waals surface area contributed by atoms with Crippen LogP contribution in [0, 0.1) is 12.3 Å². The summed E-state index contributed by atoms with van der Waals surface area (Å²) in [7, 11) is 0. The van der Waals surface area contributed by atoms with Gasteiger partial charge < -0.3 is 14.5 Å². The van der Waals surface area contributed by atoms with Crippen LogP contribution in [0.5, 0.6) is 0 Å².